The number of aryl methyl sites for hydroxylation is 1. The van der Waals surface area contributed by atoms with Crippen molar-refractivity contribution in [1.29, 1.82) is 0 Å². The Bertz CT molecular complexity index is 572. The summed E-state index contributed by atoms with van der Waals surface area (Å²) in [6, 6.07) is 6.57. The third-order valence-corrected chi connectivity index (χ3v) is 3.55. The molecule has 1 N–H and O–H groups in total. The molecule has 1 aromatic carbocycles. The summed E-state index contributed by atoms with van der Waals surface area (Å²) in [4.78, 5) is 4.00. The van der Waals surface area contributed by atoms with E-state index in [9.17, 15) is 0 Å². The Morgan fingerprint density at radius 1 is 1.24 bits per heavy atom. The van der Waals surface area contributed by atoms with Gasteiger partial charge < -0.3 is 19.3 Å². The number of ether oxygens (including phenoxy) is 2. The van der Waals surface area contributed by atoms with E-state index in [0.717, 1.165) is 43.1 Å². The Kier molecular flexibility index (Phi) is 4.35. The molecule has 2 aromatic rings. The van der Waals surface area contributed by atoms with Gasteiger partial charge in [-0.15, -0.1) is 0 Å². The highest BCUT2D eigenvalue weighted by Gasteiger charge is 2.13. The Morgan fingerprint density at radius 3 is 3.00 bits per heavy atom. The van der Waals surface area contributed by atoms with E-state index in [1.165, 1.54) is 12.0 Å². The molecule has 21 heavy (non-hydrogen) atoms. The van der Waals surface area contributed by atoms with Gasteiger partial charge in [0, 0.05) is 19.0 Å². The second kappa shape index (κ2) is 6.58. The van der Waals surface area contributed by atoms with E-state index in [2.05, 4.69) is 34.5 Å². The largest absolute Gasteiger partial charge is 0.454 e. The molecule has 1 aromatic heterocycles. The van der Waals surface area contributed by atoms with E-state index in [1.807, 2.05) is 6.07 Å². The van der Waals surface area contributed by atoms with Gasteiger partial charge in [0.25, 0.3) is 0 Å². The Morgan fingerprint density at radius 2 is 2.14 bits per heavy atom. The summed E-state index contributed by atoms with van der Waals surface area (Å²) >= 11 is 0. The maximum atomic E-state index is 5.39. The van der Waals surface area contributed by atoms with Gasteiger partial charge in [0.05, 0.1) is 0 Å². The molecule has 0 spiro atoms. The number of hydrogen-bond acceptors (Lipinski definition) is 6. The van der Waals surface area contributed by atoms with Crippen LogP contribution >= 0.6 is 0 Å². The fraction of sp³-hybridized carbons (Fsp3) is 0.467. The zero-order chi connectivity index (χ0) is 14.5. The zero-order valence-corrected chi connectivity index (χ0v) is 12.0. The molecule has 1 atom stereocenters. The maximum Gasteiger partial charge on any atom is 0.231 e. The van der Waals surface area contributed by atoms with Gasteiger partial charge in [-0.2, -0.15) is 4.98 Å². The first kappa shape index (κ1) is 13.9. The van der Waals surface area contributed by atoms with Crippen LogP contribution < -0.4 is 14.8 Å². The summed E-state index contributed by atoms with van der Waals surface area (Å²) < 4.78 is 15.4. The Hall–Kier alpha value is -2.08. The van der Waals surface area contributed by atoms with Crippen molar-refractivity contribution in [1.82, 2.24) is 15.5 Å². The molecular formula is C15H19N3O3. The minimum absolute atomic E-state index is 0.326. The molecule has 0 saturated heterocycles. The van der Waals surface area contributed by atoms with Crippen LogP contribution in [-0.2, 0) is 12.8 Å². The first-order valence-electron chi connectivity index (χ1n) is 7.18. The minimum Gasteiger partial charge on any atom is -0.454 e. The van der Waals surface area contributed by atoms with Crippen LogP contribution in [0.4, 0.5) is 0 Å². The number of aromatic nitrogens is 2. The highest BCUT2D eigenvalue weighted by Crippen LogP contribution is 2.32. The smallest absolute Gasteiger partial charge is 0.231 e. The van der Waals surface area contributed by atoms with Crippen molar-refractivity contribution in [3.63, 3.8) is 0 Å². The average Bonchev–Trinajstić information content (AvgIpc) is 3.15. The minimum atomic E-state index is 0.326. The van der Waals surface area contributed by atoms with Gasteiger partial charge in [-0.3, -0.25) is 0 Å². The van der Waals surface area contributed by atoms with Crippen molar-refractivity contribution in [2.24, 2.45) is 0 Å². The van der Waals surface area contributed by atoms with Crippen molar-refractivity contribution in [2.75, 3.05) is 13.3 Å². The Balaban J connectivity index is 1.40. The van der Waals surface area contributed by atoms with Gasteiger partial charge in [0.1, 0.15) is 0 Å². The predicted molar refractivity (Wildman–Crippen MR) is 76.4 cm³/mol. The Labute approximate surface area is 123 Å². The summed E-state index contributed by atoms with van der Waals surface area (Å²) in [5, 5.41) is 7.25. The molecular weight excluding hydrogens is 270 g/mol. The zero-order valence-electron chi connectivity index (χ0n) is 12.0. The van der Waals surface area contributed by atoms with Crippen molar-refractivity contribution >= 4 is 0 Å². The molecule has 0 bridgehead atoms. The summed E-state index contributed by atoms with van der Waals surface area (Å²) in [7, 11) is 0. The fourth-order valence-electron chi connectivity index (χ4n) is 2.31. The van der Waals surface area contributed by atoms with Gasteiger partial charge >= 0.3 is 0 Å². The molecule has 112 valence electrons. The van der Waals surface area contributed by atoms with Crippen LogP contribution in [0.3, 0.4) is 0 Å². The number of nitrogens with zero attached hydrogens (tertiary/aromatic N) is 2. The van der Waals surface area contributed by atoms with Gasteiger partial charge in [-0.25, -0.2) is 0 Å². The second-order valence-electron chi connectivity index (χ2n) is 5.18. The molecule has 0 radical (unpaired) electrons. The molecule has 0 fully saturated rings. The van der Waals surface area contributed by atoms with E-state index < -0.39 is 0 Å². The van der Waals surface area contributed by atoms with Gasteiger partial charge in [0.2, 0.25) is 13.2 Å². The molecule has 0 aliphatic carbocycles. The van der Waals surface area contributed by atoms with E-state index in [0.29, 0.717) is 12.8 Å². The third-order valence-electron chi connectivity index (χ3n) is 3.55. The van der Waals surface area contributed by atoms with Crippen LogP contribution in [0.5, 0.6) is 11.5 Å². The molecule has 2 heterocycles. The van der Waals surface area contributed by atoms with E-state index in [4.69, 9.17) is 14.0 Å². The molecule has 0 amide bonds. The van der Waals surface area contributed by atoms with Gasteiger partial charge in [-0.1, -0.05) is 11.2 Å². The third kappa shape index (κ3) is 3.72. The van der Waals surface area contributed by atoms with Crippen molar-refractivity contribution in [2.45, 2.75) is 32.2 Å². The van der Waals surface area contributed by atoms with E-state index >= 15 is 0 Å². The maximum absolute atomic E-state index is 5.39. The second-order valence-corrected chi connectivity index (χ2v) is 5.18. The summed E-state index contributed by atoms with van der Waals surface area (Å²) in [6.07, 6.45) is 4.21. The summed E-state index contributed by atoms with van der Waals surface area (Å²) in [5.41, 5.74) is 1.27. The summed E-state index contributed by atoms with van der Waals surface area (Å²) in [6.45, 7) is 3.36. The number of benzene rings is 1. The van der Waals surface area contributed by atoms with Crippen molar-refractivity contribution < 1.29 is 14.0 Å². The van der Waals surface area contributed by atoms with Crippen LogP contribution in [0.2, 0.25) is 0 Å². The lowest BCUT2D eigenvalue weighted by molar-refractivity contribution is 0.174. The molecule has 1 aliphatic heterocycles. The number of nitrogens with one attached hydrogen (secondary N) is 1. The average molecular weight is 289 g/mol. The van der Waals surface area contributed by atoms with Gasteiger partial charge in [0.15, 0.2) is 17.3 Å². The first-order valence-corrected chi connectivity index (χ1v) is 7.18. The monoisotopic (exact) mass is 289 g/mol. The lowest BCUT2D eigenvalue weighted by Gasteiger charge is -2.13. The molecule has 0 saturated carbocycles. The molecule has 1 aliphatic rings. The highest BCUT2D eigenvalue weighted by molar-refractivity contribution is 5.44. The van der Waals surface area contributed by atoms with Crippen LogP contribution in [0.1, 0.15) is 24.7 Å². The number of fused-ring (bicyclic) bond motifs is 1. The number of rotatable bonds is 7. The topological polar surface area (TPSA) is 69.4 Å². The van der Waals surface area contributed by atoms with Crippen LogP contribution in [0.25, 0.3) is 0 Å². The molecule has 3 rings (SSSR count). The predicted octanol–water partition coefficient (Wildman–Crippen LogP) is 1.95. The normalized spacial score (nSPS) is 14.3. The molecule has 6 nitrogen and oxygen atoms in total. The quantitative estimate of drug-likeness (QED) is 0.840. The summed E-state index contributed by atoms with van der Waals surface area (Å²) in [5.74, 6) is 2.43. The van der Waals surface area contributed by atoms with E-state index in [1.54, 1.807) is 0 Å². The van der Waals surface area contributed by atoms with Crippen LogP contribution in [0.15, 0.2) is 29.1 Å². The fourth-order valence-corrected chi connectivity index (χ4v) is 2.31. The standard InChI is InChI=1S/C15H19N3O3/c1-11(16-7-6-15-17-9-21-18-15)2-3-12-4-5-13-14(8-12)20-10-19-13/h4-5,8-9,11,16H,2-3,6-7,10H2,1H3. The first-order chi connectivity index (χ1) is 10.3. The van der Waals surface area contributed by atoms with Crippen LogP contribution in [0, 0.1) is 0 Å². The SMILES string of the molecule is CC(CCc1ccc2c(c1)OCO2)NCCc1ncon1. The molecule has 1 unspecified atom stereocenters. The van der Waals surface area contributed by atoms with Gasteiger partial charge in [-0.05, 0) is 37.5 Å². The highest BCUT2D eigenvalue weighted by atomic mass is 16.7. The number of hydrogen-bond donors (Lipinski definition) is 1. The van der Waals surface area contributed by atoms with E-state index in [-0.39, 0.29) is 0 Å². The molecule has 6 heteroatoms. The lowest BCUT2D eigenvalue weighted by Crippen LogP contribution is -2.28. The van der Waals surface area contributed by atoms with Crippen molar-refractivity contribution in [3.05, 3.63) is 36.0 Å². The van der Waals surface area contributed by atoms with Crippen molar-refractivity contribution in [3.8, 4) is 11.5 Å². The van der Waals surface area contributed by atoms with Crippen LogP contribution in [-0.4, -0.2) is 29.5 Å². The lowest BCUT2D eigenvalue weighted by atomic mass is 10.1.